The summed E-state index contributed by atoms with van der Waals surface area (Å²) in [4.78, 5) is 20.8. The molecule has 5 N–H and O–H groups in total. The smallest absolute Gasteiger partial charge is 0.459 e. The Hall–Kier alpha value is -3.39. The molecule has 3 aromatic rings. The number of esters is 1. The average molecular weight is 619 g/mol. The molecule has 0 amide bonds. The van der Waals surface area contributed by atoms with Crippen LogP contribution in [0.4, 0.5) is 5.82 Å². The van der Waals surface area contributed by atoms with Crippen molar-refractivity contribution in [3.63, 3.8) is 0 Å². The van der Waals surface area contributed by atoms with Crippen molar-refractivity contribution in [2.45, 2.75) is 63.6 Å². The van der Waals surface area contributed by atoms with Gasteiger partial charge < -0.3 is 29.9 Å². The molecule has 1 aromatic carbocycles. The van der Waals surface area contributed by atoms with Crippen LogP contribution >= 0.6 is 7.75 Å². The average Bonchev–Trinajstić information content (AvgIpc) is 3.54. The number of aliphatic hydroxyl groups is 2. The van der Waals surface area contributed by atoms with Crippen LogP contribution in [0.25, 0.3) is 5.52 Å². The predicted octanol–water partition coefficient (Wildman–Crippen LogP) is 2.49. The molecule has 234 valence electrons. The molecule has 4 rings (SSSR count). The van der Waals surface area contributed by atoms with Crippen LogP contribution < -0.4 is 15.3 Å². The lowest BCUT2D eigenvalue weighted by molar-refractivity contribution is -0.146. The van der Waals surface area contributed by atoms with Crippen molar-refractivity contribution in [3.05, 3.63) is 54.5 Å². The Morgan fingerprint density at radius 3 is 2.65 bits per heavy atom. The first-order chi connectivity index (χ1) is 20.6. The zero-order valence-corrected chi connectivity index (χ0v) is 25.5. The van der Waals surface area contributed by atoms with E-state index >= 15 is 0 Å². The zero-order chi connectivity index (χ0) is 31.2. The molecule has 15 heteroatoms. The van der Waals surface area contributed by atoms with Crippen LogP contribution in [-0.2, 0) is 29.0 Å². The lowest BCUT2D eigenvalue weighted by atomic mass is 9.92. The summed E-state index contributed by atoms with van der Waals surface area (Å²) in [5, 5.41) is 29.2. The minimum absolute atomic E-state index is 0.204. The largest absolute Gasteiger partial charge is 0.464 e. The van der Waals surface area contributed by atoms with Crippen LogP contribution in [0.15, 0.2) is 53.8 Å². The number of carbonyl (C=O) groups is 1. The summed E-state index contributed by atoms with van der Waals surface area (Å²) in [5.41, 5.74) is 5.10. The van der Waals surface area contributed by atoms with Crippen LogP contribution in [0.3, 0.4) is 0 Å². The Morgan fingerprint density at radius 2 is 1.98 bits per heavy atom. The number of anilines is 1. The fourth-order valence-corrected chi connectivity index (χ4v) is 6.33. The molecule has 2 aromatic heterocycles. The third kappa shape index (κ3) is 7.06. The second kappa shape index (κ2) is 13.9. The van der Waals surface area contributed by atoms with Gasteiger partial charge in [0.05, 0.1) is 18.9 Å². The van der Waals surface area contributed by atoms with E-state index in [1.54, 1.807) is 42.5 Å². The maximum atomic E-state index is 14.0. The Labute approximate surface area is 249 Å². The maximum absolute atomic E-state index is 14.0. The van der Waals surface area contributed by atoms with E-state index in [4.69, 9.17) is 24.3 Å². The third-order valence-electron chi connectivity index (χ3n) is 7.39. The normalized spacial score (nSPS) is 24.4. The molecule has 1 saturated heterocycles. The monoisotopic (exact) mass is 618 g/mol. The summed E-state index contributed by atoms with van der Waals surface area (Å²) in [6, 6.07) is 10.5. The van der Waals surface area contributed by atoms with Crippen molar-refractivity contribution in [2.75, 3.05) is 26.0 Å². The first-order valence-electron chi connectivity index (χ1n) is 14.1. The number of nitrogens with zero attached hydrogens (tertiary/aromatic N) is 4. The molecule has 0 bridgehead atoms. The Kier molecular flexibility index (Phi) is 10.5. The molecule has 1 fully saturated rings. The molecular weight excluding hydrogens is 579 g/mol. The van der Waals surface area contributed by atoms with Gasteiger partial charge in [-0.2, -0.15) is 10.2 Å². The Balaban J connectivity index is 1.56. The molecule has 1 unspecified atom stereocenters. The van der Waals surface area contributed by atoms with Gasteiger partial charge >= 0.3 is 13.7 Å². The summed E-state index contributed by atoms with van der Waals surface area (Å²) in [7, 11) is -2.78. The van der Waals surface area contributed by atoms with Crippen LogP contribution in [0, 0.1) is 5.92 Å². The maximum Gasteiger partial charge on any atom is 0.459 e. The number of hydrogen-bond acceptors (Lipinski definition) is 12. The van der Waals surface area contributed by atoms with Crippen molar-refractivity contribution >= 4 is 31.3 Å². The summed E-state index contributed by atoms with van der Waals surface area (Å²) in [6.45, 7) is 5.25. The molecule has 6 atom stereocenters. The highest BCUT2D eigenvalue weighted by atomic mass is 31.2. The number of benzene rings is 1. The van der Waals surface area contributed by atoms with E-state index in [9.17, 15) is 19.6 Å². The molecular formula is C28H39N6O8P. The minimum Gasteiger partial charge on any atom is -0.464 e. The van der Waals surface area contributed by atoms with Gasteiger partial charge in [0, 0.05) is 13.3 Å². The van der Waals surface area contributed by atoms with Gasteiger partial charge in [0.25, 0.3) is 0 Å². The predicted molar refractivity (Wildman–Crippen MR) is 159 cm³/mol. The lowest BCUT2D eigenvalue weighted by Crippen LogP contribution is -2.43. The van der Waals surface area contributed by atoms with E-state index in [0.717, 1.165) is 12.8 Å². The summed E-state index contributed by atoms with van der Waals surface area (Å²) in [5.74, 6) is 0.00267. The number of rotatable bonds is 14. The third-order valence-corrected chi connectivity index (χ3v) is 9.04. The van der Waals surface area contributed by atoms with Crippen molar-refractivity contribution in [1.29, 1.82) is 0 Å². The number of para-hydroxylation sites is 1. The van der Waals surface area contributed by atoms with Gasteiger partial charge in [-0.05, 0) is 37.1 Å². The number of fused-ring (bicyclic) bond motifs is 1. The summed E-state index contributed by atoms with van der Waals surface area (Å²) >= 11 is 0. The number of nitrogens with one attached hydrogen (secondary N) is 1. The minimum atomic E-state index is -4.27. The topological polar surface area (TPSA) is 192 Å². The second-order valence-corrected chi connectivity index (χ2v) is 12.0. The van der Waals surface area contributed by atoms with Crippen LogP contribution in [0.5, 0.6) is 5.75 Å². The number of nitrogens with two attached hydrogens (primary N) is 1. The summed E-state index contributed by atoms with van der Waals surface area (Å²) in [6.07, 6.45) is 0.0605. The molecule has 1 aliphatic heterocycles. The molecule has 14 nitrogen and oxygen atoms in total. The van der Waals surface area contributed by atoms with Crippen LogP contribution in [-0.4, -0.2) is 81.6 Å². The number of aliphatic hydroxyl groups excluding tert-OH is 2. The molecule has 3 heterocycles. The van der Waals surface area contributed by atoms with Crippen LogP contribution in [0.1, 0.15) is 39.3 Å². The molecule has 0 spiro atoms. The number of aliphatic imine (C=N–C) groups is 1. The van der Waals surface area contributed by atoms with Crippen molar-refractivity contribution in [1.82, 2.24) is 19.7 Å². The number of nitrogen functional groups attached to an aromatic ring is 1. The van der Waals surface area contributed by atoms with Crippen molar-refractivity contribution in [2.24, 2.45) is 10.9 Å². The second-order valence-electron chi connectivity index (χ2n) is 10.3. The van der Waals surface area contributed by atoms with Crippen molar-refractivity contribution < 1.29 is 38.1 Å². The number of carbonyl (C=O) groups excluding carboxylic acids is 1. The molecule has 0 radical (unpaired) electrons. The molecule has 0 aliphatic carbocycles. The SMILES string of the molecule is CCC(CC)COC(=O)[C@H](C)NP(=O)(OC[C@H]1O[C@@](C=NC)(c2ccc3c(N)ncnn23)[C@H](O)[C@@H]1O)Oc1ccccc1. The van der Waals surface area contributed by atoms with Gasteiger partial charge in [-0.3, -0.25) is 14.3 Å². The van der Waals surface area contributed by atoms with Gasteiger partial charge in [-0.15, -0.1) is 0 Å². The van der Waals surface area contributed by atoms with Gasteiger partial charge in [-0.25, -0.2) is 14.1 Å². The highest BCUT2D eigenvalue weighted by molar-refractivity contribution is 7.52. The van der Waals surface area contributed by atoms with E-state index in [1.165, 1.54) is 31.0 Å². The first-order valence-corrected chi connectivity index (χ1v) is 15.6. The fraction of sp³-hybridized carbons (Fsp3) is 0.500. The number of hydrogen-bond donors (Lipinski definition) is 4. The van der Waals surface area contributed by atoms with Crippen molar-refractivity contribution in [3.8, 4) is 5.75 Å². The Morgan fingerprint density at radius 1 is 1.26 bits per heavy atom. The number of ether oxygens (including phenoxy) is 2. The van der Waals surface area contributed by atoms with E-state index in [0.29, 0.717) is 11.2 Å². The first kappa shape index (κ1) is 32.5. The zero-order valence-electron chi connectivity index (χ0n) is 24.6. The van der Waals surface area contributed by atoms with E-state index in [1.807, 2.05) is 13.8 Å². The van der Waals surface area contributed by atoms with E-state index in [2.05, 4.69) is 20.2 Å². The van der Waals surface area contributed by atoms with E-state index in [-0.39, 0.29) is 24.1 Å². The van der Waals surface area contributed by atoms with Gasteiger partial charge in [0.1, 0.15) is 41.9 Å². The van der Waals surface area contributed by atoms with Gasteiger partial charge in [-0.1, -0.05) is 44.9 Å². The number of aromatic nitrogens is 3. The molecule has 0 saturated carbocycles. The van der Waals surface area contributed by atoms with E-state index < -0.39 is 50.3 Å². The Bertz CT molecular complexity index is 1450. The standard InChI is InChI=1S/C28H39N6O8P/c1-5-19(6-2)14-39-27(37)18(3)33-43(38,42-20-10-8-7-9-11-20)40-15-22-24(35)25(36)28(41-22,16-30-4)23-13-12-21-26(29)31-17-32-34(21)23/h7-13,16-19,22,24-25,35-36H,5-6,14-15H2,1-4H3,(H,33,38)(H2,29,31,32)/t18-,22+,24+,25+,28-,43?/m0/s1. The fourth-order valence-electron chi connectivity index (χ4n) is 4.83. The summed E-state index contributed by atoms with van der Waals surface area (Å²) < 4.78 is 38.5. The quantitative estimate of drug-likeness (QED) is 0.117. The lowest BCUT2D eigenvalue weighted by Gasteiger charge is -2.28. The molecule has 1 aliphatic rings. The van der Waals surface area contributed by atoms with Gasteiger partial charge in [0.2, 0.25) is 0 Å². The van der Waals surface area contributed by atoms with Crippen LogP contribution in [0.2, 0.25) is 0 Å². The highest BCUT2D eigenvalue weighted by Crippen LogP contribution is 2.47. The highest BCUT2D eigenvalue weighted by Gasteiger charge is 2.56. The molecule has 43 heavy (non-hydrogen) atoms. The van der Waals surface area contributed by atoms with Gasteiger partial charge in [0.15, 0.2) is 11.4 Å².